The highest BCUT2D eigenvalue weighted by atomic mass is 32.2. The topological polar surface area (TPSA) is 88.1 Å². The first-order valence-corrected chi connectivity index (χ1v) is 10.6. The first-order chi connectivity index (χ1) is 13.9. The van der Waals surface area contributed by atoms with Crippen molar-refractivity contribution in [2.45, 2.75) is 0 Å². The van der Waals surface area contributed by atoms with Crippen LogP contribution in [0.15, 0.2) is 71.8 Å². The van der Waals surface area contributed by atoms with Gasteiger partial charge in [-0.15, -0.1) is 0 Å². The van der Waals surface area contributed by atoms with Crippen molar-refractivity contribution in [3.8, 4) is 5.75 Å². The highest BCUT2D eigenvalue weighted by molar-refractivity contribution is 7.92. The minimum Gasteiger partial charge on any atom is -0.497 e. The van der Waals surface area contributed by atoms with Gasteiger partial charge in [0, 0.05) is 5.56 Å². The number of carbonyl (C=O) groups is 1. The minimum atomic E-state index is -3.66. The number of rotatable bonds is 7. The highest BCUT2D eigenvalue weighted by Gasteiger charge is 2.20. The lowest BCUT2D eigenvalue weighted by atomic mass is 10.1. The third-order valence-electron chi connectivity index (χ3n) is 4.26. The Morgan fingerprint density at radius 3 is 2.45 bits per heavy atom. The van der Waals surface area contributed by atoms with Crippen molar-refractivity contribution in [3.05, 3.63) is 72.3 Å². The second-order valence-electron chi connectivity index (χ2n) is 6.33. The zero-order valence-electron chi connectivity index (χ0n) is 16.1. The van der Waals surface area contributed by atoms with E-state index in [0.717, 1.165) is 26.9 Å². The van der Waals surface area contributed by atoms with Crippen LogP contribution in [0.3, 0.4) is 0 Å². The summed E-state index contributed by atoms with van der Waals surface area (Å²) in [6.07, 6.45) is 2.59. The molecule has 0 heterocycles. The number of fused-ring (bicyclic) bond motifs is 1. The predicted octanol–water partition coefficient (Wildman–Crippen LogP) is 2.76. The molecule has 3 rings (SSSR count). The van der Waals surface area contributed by atoms with E-state index in [0.29, 0.717) is 11.4 Å². The smallest absolute Gasteiger partial charge is 0.260 e. The third kappa shape index (κ3) is 5.11. The molecule has 0 spiro atoms. The molecule has 1 amide bonds. The predicted molar refractivity (Wildman–Crippen MR) is 115 cm³/mol. The van der Waals surface area contributed by atoms with Gasteiger partial charge in [-0.2, -0.15) is 5.10 Å². The second-order valence-corrected chi connectivity index (χ2v) is 8.24. The largest absolute Gasteiger partial charge is 0.497 e. The van der Waals surface area contributed by atoms with Gasteiger partial charge in [0.1, 0.15) is 12.3 Å². The van der Waals surface area contributed by atoms with Gasteiger partial charge < -0.3 is 4.74 Å². The lowest BCUT2D eigenvalue weighted by molar-refractivity contribution is -0.119. The first-order valence-electron chi connectivity index (χ1n) is 8.80. The SMILES string of the molecule is COc1ccc(N(CC(=O)N/N=C\c2cccc3ccccc23)S(C)(=O)=O)cc1. The van der Waals surface area contributed by atoms with E-state index in [1.54, 1.807) is 30.5 Å². The Morgan fingerprint density at radius 1 is 1.07 bits per heavy atom. The molecule has 3 aromatic carbocycles. The number of benzene rings is 3. The van der Waals surface area contributed by atoms with Crippen LogP contribution >= 0.6 is 0 Å². The van der Waals surface area contributed by atoms with E-state index >= 15 is 0 Å². The molecular weight excluding hydrogens is 390 g/mol. The standard InChI is InChI=1S/C21H21N3O4S/c1-28-19-12-10-18(11-13-19)24(29(2,26)27)15-21(25)23-22-14-17-8-5-7-16-6-3-4-9-20(16)17/h3-14H,15H2,1-2H3,(H,23,25)/b22-14-. The number of anilines is 1. The van der Waals surface area contributed by atoms with Crippen LogP contribution in [0.5, 0.6) is 5.75 Å². The van der Waals surface area contributed by atoms with Gasteiger partial charge in [-0.25, -0.2) is 13.8 Å². The minimum absolute atomic E-state index is 0.362. The van der Waals surface area contributed by atoms with Crippen LogP contribution in [0, 0.1) is 0 Å². The van der Waals surface area contributed by atoms with Gasteiger partial charge in [-0.3, -0.25) is 9.10 Å². The number of nitrogens with zero attached hydrogens (tertiary/aromatic N) is 2. The summed E-state index contributed by atoms with van der Waals surface area (Å²) in [5, 5.41) is 6.05. The maximum Gasteiger partial charge on any atom is 0.260 e. The van der Waals surface area contributed by atoms with E-state index in [1.165, 1.54) is 7.11 Å². The number of hydrogen-bond donors (Lipinski definition) is 1. The van der Waals surface area contributed by atoms with Gasteiger partial charge >= 0.3 is 0 Å². The highest BCUT2D eigenvalue weighted by Crippen LogP contribution is 2.21. The van der Waals surface area contributed by atoms with E-state index in [-0.39, 0.29) is 0 Å². The fourth-order valence-electron chi connectivity index (χ4n) is 2.85. The van der Waals surface area contributed by atoms with Crippen molar-refractivity contribution in [2.24, 2.45) is 5.10 Å². The molecule has 1 N–H and O–H groups in total. The van der Waals surface area contributed by atoms with Gasteiger partial charge in [0.25, 0.3) is 5.91 Å². The molecule has 0 unspecified atom stereocenters. The summed E-state index contributed by atoms with van der Waals surface area (Å²) < 4.78 is 30.4. The van der Waals surface area contributed by atoms with Crippen molar-refractivity contribution < 1.29 is 17.9 Å². The molecule has 0 bridgehead atoms. The Hall–Kier alpha value is -3.39. The van der Waals surface area contributed by atoms with Crippen molar-refractivity contribution >= 4 is 38.6 Å². The summed E-state index contributed by atoms with van der Waals surface area (Å²) >= 11 is 0. The van der Waals surface area contributed by atoms with Crippen molar-refractivity contribution in [3.63, 3.8) is 0 Å². The van der Waals surface area contributed by atoms with Crippen LogP contribution in [0.2, 0.25) is 0 Å². The van der Waals surface area contributed by atoms with E-state index in [1.807, 2.05) is 42.5 Å². The molecule has 0 aromatic heterocycles. The molecule has 0 saturated heterocycles. The number of sulfonamides is 1. The Morgan fingerprint density at radius 2 is 1.76 bits per heavy atom. The number of hydrogen-bond acceptors (Lipinski definition) is 5. The molecule has 8 heteroatoms. The first kappa shape index (κ1) is 20.3. The number of ether oxygens (including phenoxy) is 1. The molecule has 0 aliphatic heterocycles. The van der Waals surface area contributed by atoms with E-state index in [4.69, 9.17) is 4.74 Å². The van der Waals surface area contributed by atoms with Crippen LogP contribution in [0.1, 0.15) is 5.56 Å². The molecule has 3 aromatic rings. The zero-order valence-corrected chi connectivity index (χ0v) is 16.9. The molecule has 0 aliphatic carbocycles. The number of amides is 1. The third-order valence-corrected chi connectivity index (χ3v) is 5.40. The van der Waals surface area contributed by atoms with E-state index < -0.39 is 22.5 Å². The van der Waals surface area contributed by atoms with Crippen LogP contribution in [0.25, 0.3) is 10.8 Å². The Balaban J connectivity index is 1.72. The zero-order chi connectivity index (χ0) is 20.9. The molecule has 0 radical (unpaired) electrons. The lowest BCUT2D eigenvalue weighted by Crippen LogP contribution is -2.39. The number of hydrazone groups is 1. The number of carbonyl (C=O) groups excluding carboxylic acids is 1. The van der Waals surface area contributed by atoms with Gasteiger partial charge in [0.15, 0.2) is 0 Å². The summed E-state index contributed by atoms with van der Waals surface area (Å²) in [4.78, 5) is 12.3. The van der Waals surface area contributed by atoms with Crippen LogP contribution in [-0.4, -0.2) is 40.4 Å². The van der Waals surface area contributed by atoms with Crippen LogP contribution < -0.4 is 14.5 Å². The molecule has 0 saturated carbocycles. The van der Waals surface area contributed by atoms with Crippen LogP contribution in [-0.2, 0) is 14.8 Å². The van der Waals surface area contributed by atoms with Crippen molar-refractivity contribution in [2.75, 3.05) is 24.2 Å². The Kier molecular flexibility index (Phi) is 6.13. The van der Waals surface area contributed by atoms with E-state index in [2.05, 4.69) is 10.5 Å². The molecule has 29 heavy (non-hydrogen) atoms. The van der Waals surface area contributed by atoms with Gasteiger partial charge in [-0.05, 0) is 35.0 Å². The fourth-order valence-corrected chi connectivity index (χ4v) is 3.71. The second kappa shape index (κ2) is 8.74. The molecule has 0 fully saturated rings. The van der Waals surface area contributed by atoms with E-state index in [9.17, 15) is 13.2 Å². The number of nitrogens with one attached hydrogen (secondary N) is 1. The van der Waals surface area contributed by atoms with Gasteiger partial charge in [0.2, 0.25) is 10.0 Å². The van der Waals surface area contributed by atoms with Crippen molar-refractivity contribution in [1.29, 1.82) is 0 Å². The quantitative estimate of drug-likeness (QED) is 0.478. The summed E-state index contributed by atoms with van der Waals surface area (Å²) in [5.41, 5.74) is 3.60. The summed E-state index contributed by atoms with van der Waals surface area (Å²) in [7, 11) is -2.14. The fraction of sp³-hybridized carbons (Fsp3) is 0.143. The molecular formula is C21H21N3O4S. The van der Waals surface area contributed by atoms with Gasteiger partial charge in [-0.1, -0.05) is 42.5 Å². The Labute approximate surface area is 169 Å². The molecule has 0 atom stereocenters. The summed E-state index contributed by atoms with van der Waals surface area (Å²) in [6, 6.07) is 20.0. The van der Waals surface area contributed by atoms with Gasteiger partial charge in [0.05, 0.1) is 25.3 Å². The molecule has 0 aliphatic rings. The number of methoxy groups -OCH3 is 1. The normalized spacial score (nSPS) is 11.5. The monoisotopic (exact) mass is 411 g/mol. The van der Waals surface area contributed by atoms with Crippen LogP contribution in [0.4, 0.5) is 5.69 Å². The molecule has 150 valence electrons. The maximum absolute atomic E-state index is 12.3. The maximum atomic E-state index is 12.3. The average molecular weight is 411 g/mol. The lowest BCUT2D eigenvalue weighted by Gasteiger charge is -2.21. The summed E-state index contributed by atoms with van der Waals surface area (Å²) in [6.45, 7) is -0.391. The van der Waals surface area contributed by atoms with Crippen molar-refractivity contribution in [1.82, 2.24) is 5.43 Å². The Bertz CT molecular complexity index is 1140. The molecule has 7 nitrogen and oxygen atoms in total. The average Bonchev–Trinajstić information content (AvgIpc) is 2.71. The summed E-state index contributed by atoms with van der Waals surface area (Å²) in [5.74, 6) is 0.0362.